The van der Waals surface area contributed by atoms with Gasteiger partial charge in [-0.2, -0.15) is 0 Å². The Kier molecular flexibility index (Phi) is 4.14. The number of nitrogens with zero attached hydrogens (tertiary/aromatic N) is 1. The molecule has 1 aromatic heterocycles. The minimum Gasteiger partial charge on any atom is -0.322 e. The maximum atomic E-state index is 12.1. The van der Waals surface area contributed by atoms with Crippen molar-refractivity contribution >= 4 is 43.5 Å². The number of hydrogen-bond donors (Lipinski definition) is 1. The van der Waals surface area contributed by atoms with Crippen molar-refractivity contribution in [3.05, 3.63) is 56.7 Å². The maximum absolute atomic E-state index is 12.1. The number of benzene rings is 1. The number of carbonyl (C=O) groups excluding carboxylic acids is 1. The van der Waals surface area contributed by atoms with Crippen LogP contribution in [0.4, 0.5) is 5.69 Å². The summed E-state index contributed by atoms with van der Waals surface area (Å²) in [6.07, 6.45) is 1.59. The van der Waals surface area contributed by atoms with Crippen molar-refractivity contribution in [2.24, 2.45) is 0 Å². The molecule has 0 atom stereocenters. The van der Waals surface area contributed by atoms with E-state index >= 15 is 0 Å². The van der Waals surface area contributed by atoms with Crippen LogP contribution in [0.15, 0.2) is 45.6 Å². The Bertz CT molecular complexity index is 599. The number of carbonyl (C=O) groups is 1. The topological polar surface area (TPSA) is 42.0 Å². The van der Waals surface area contributed by atoms with Gasteiger partial charge in [0.15, 0.2) is 0 Å². The highest BCUT2D eigenvalue weighted by Crippen LogP contribution is 2.24. The van der Waals surface area contributed by atoms with Crippen molar-refractivity contribution in [3.8, 4) is 0 Å². The standard InChI is InChI=1S/C13H10Br2N2O/c1-8-10(14)3-2-4-11(8)17-13(18)9-5-6-16-12(15)7-9/h2-7H,1H3,(H,17,18). The van der Waals surface area contributed by atoms with Gasteiger partial charge in [0.05, 0.1) is 0 Å². The van der Waals surface area contributed by atoms with Crippen molar-refractivity contribution in [2.45, 2.75) is 6.92 Å². The number of aromatic nitrogens is 1. The molecule has 0 fully saturated rings. The minimum absolute atomic E-state index is 0.153. The van der Waals surface area contributed by atoms with Crippen molar-refractivity contribution in [2.75, 3.05) is 5.32 Å². The number of anilines is 1. The van der Waals surface area contributed by atoms with E-state index in [2.05, 4.69) is 42.2 Å². The van der Waals surface area contributed by atoms with E-state index in [0.717, 1.165) is 15.7 Å². The number of hydrogen-bond acceptors (Lipinski definition) is 2. The van der Waals surface area contributed by atoms with E-state index < -0.39 is 0 Å². The number of amides is 1. The monoisotopic (exact) mass is 368 g/mol. The van der Waals surface area contributed by atoms with Gasteiger partial charge < -0.3 is 5.32 Å². The van der Waals surface area contributed by atoms with Crippen molar-refractivity contribution in [1.29, 1.82) is 0 Å². The lowest BCUT2D eigenvalue weighted by molar-refractivity contribution is 0.102. The zero-order chi connectivity index (χ0) is 13.1. The van der Waals surface area contributed by atoms with Crippen LogP contribution in [-0.4, -0.2) is 10.9 Å². The summed E-state index contributed by atoms with van der Waals surface area (Å²) in [5, 5.41) is 2.88. The molecular formula is C13H10Br2N2O. The molecule has 0 aliphatic carbocycles. The fourth-order valence-corrected chi connectivity index (χ4v) is 2.21. The lowest BCUT2D eigenvalue weighted by atomic mass is 10.2. The summed E-state index contributed by atoms with van der Waals surface area (Å²) in [4.78, 5) is 16.0. The smallest absolute Gasteiger partial charge is 0.255 e. The van der Waals surface area contributed by atoms with Crippen LogP contribution in [0.5, 0.6) is 0 Å². The fraction of sp³-hybridized carbons (Fsp3) is 0.0769. The van der Waals surface area contributed by atoms with E-state index in [1.54, 1.807) is 18.3 Å². The molecule has 5 heteroatoms. The summed E-state index contributed by atoms with van der Waals surface area (Å²) in [6, 6.07) is 9.05. The lowest BCUT2D eigenvalue weighted by Gasteiger charge is -2.09. The lowest BCUT2D eigenvalue weighted by Crippen LogP contribution is -2.13. The molecule has 0 aliphatic rings. The third-order valence-corrected chi connectivity index (χ3v) is 3.80. The Balaban J connectivity index is 2.24. The second-order valence-corrected chi connectivity index (χ2v) is 5.40. The van der Waals surface area contributed by atoms with Gasteiger partial charge in [0.1, 0.15) is 4.60 Å². The summed E-state index contributed by atoms with van der Waals surface area (Å²) in [5.41, 5.74) is 2.36. The number of nitrogens with one attached hydrogen (secondary N) is 1. The van der Waals surface area contributed by atoms with Crippen molar-refractivity contribution < 1.29 is 4.79 Å². The maximum Gasteiger partial charge on any atom is 0.255 e. The third kappa shape index (κ3) is 2.97. The Labute approximate surface area is 122 Å². The normalized spacial score (nSPS) is 10.2. The van der Waals surface area contributed by atoms with Gasteiger partial charge in [0, 0.05) is 21.9 Å². The Hall–Kier alpha value is -1.20. The molecule has 2 aromatic rings. The van der Waals surface area contributed by atoms with Gasteiger partial charge >= 0.3 is 0 Å². The molecule has 2 rings (SSSR count). The van der Waals surface area contributed by atoms with Crippen LogP contribution in [0.1, 0.15) is 15.9 Å². The predicted octanol–water partition coefficient (Wildman–Crippen LogP) is 4.17. The van der Waals surface area contributed by atoms with E-state index in [1.807, 2.05) is 25.1 Å². The average molecular weight is 370 g/mol. The molecule has 3 nitrogen and oxygen atoms in total. The molecule has 0 unspecified atom stereocenters. The van der Waals surface area contributed by atoms with Crippen molar-refractivity contribution in [1.82, 2.24) is 4.98 Å². The molecule has 0 saturated heterocycles. The van der Waals surface area contributed by atoms with Crippen molar-refractivity contribution in [3.63, 3.8) is 0 Å². The first-order chi connectivity index (χ1) is 8.58. The van der Waals surface area contributed by atoms with Gasteiger partial charge in [0.2, 0.25) is 0 Å². The Morgan fingerprint density at radius 3 is 2.78 bits per heavy atom. The van der Waals surface area contributed by atoms with Crippen LogP contribution >= 0.6 is 31.9 Å². The molecule has 0 saturated carbocycles. The second-order valence-electron chi connectivity index (χ2n) is 3.73. The van der Waals surface area contributed by atoms with Gasteiger partial charge in [-0.25, -0.2) is 4.98 Å². The first-order valence-corrected chi connectivity index (χ1v) is 6.84. The fourth-order valence-electron chi connectivity index (χ4n) is 1.48. The molecule has 0 radical (unpaired) electrons. The molecule has 1 aromatic carbocycles. The van der Waals surface area contributed by atoms with Crippen LogP contribution in [0, 0.1) is 6.92 Å². The number of rotatable bonds is 2. The van der Waals surface area contributed by atoms with Crippen LogP contribution in [0.25, 0.3) is 0 Å². The van der Waals surface area contributed by atoms with Gasteiger partial charge in [-0.05, 0) is 52.7 Å². The van der Waals surface area contributed by atoms with Crippen LogP contribution in [0.2, 0.25) is 0 Å². The molecule has 0 bridgehead atoms. The quantitative estimate of drug-likeness (QED) is 0.807. The van der Waals surface area contributed by atoms with E-state index in [1.165, 1.54) is 0 Å². The molecule has 92 valence electrons. The molecule has 0 spiro atoms. The predicted molar refractivity (Wildman–Crippen MR) is 78.8 cm³/mol. The number of pyridine rings is 1. The largest absolute Gasteiger partial charge is 0.322 e. The van der Waals surface area contributed by atoms with Crippen LogP contribution in [0.3, 0.4) is 0 Å². The highest BCUT2D eigenvalue weighted by Gasteiger charge is 2.09. The summed E-state index contributed by atoms with van der Waals surface area (Å²) >= 11 is 6.68. The van der Waals surface area contributed by atoms with Gasteiger partial charge in [-0.3, -0.25) is 4.79 Å². The SMILES string of the molecule is Cc1c(Br)cccc1NC(=O)c1ccnc(Br)c1. The summed E-state index contributed by atoms with van der Waals surface area (Å²) < 4.78 is 1.61. The number of halogens is 2. The van der Waals surface area contributed by atoms with Gasteiger partial charge in [-0.1, -0.05) is 22.0 Å². The Morgan fingerprint density at radius 2 is 2.06 bits per heavy atom. The Morgan fingerprint density at radius 1 is 1.28 bits per heavy atom. The molecule has 18 heavy (non-hydrogen) atoms. The zero-order valence-corrected chi connectivity index (χ0v) is 12.7. The average Bonchev–Trinajstić information content (AvgIpc) is 2.35. The van der Waals surface area contributed by atoms with E-state index in [4.69, 9.17) is 0 Å². The first-order valence-electron chi connectivity index (χ1n) is 5.26. The van der Waals surface area contributed by atoms with E-state index in [0.29, 0.717) is 10.2 Å². The van der Waals surface area contributed by atoms with Crippen LogP contribution in [-0.2, 0) is 0 Å². The molecule has 1 heterocycles. The zero-order valence-electron chi connectivity index (χ0n) is 9.58. The third-order valence-electron chi connectivity index (χ3n) is 2.50. The minimum atomic E-state index is -0.153. The summed E-state index contributed by atoms with van der Waals surface area (Å²) in [5.74, 6) is -0.153. The molecule has 0 aliphatic heterocycles. The molecule has 1 amide bonds. The molecular weight excluding hydrogens is 360 g/mol. The second kappa shape index (κ2) is 5.63. The molecule has 1 N–H and O–H groups in total. The van der Waals surface area contributed by atoms with Gasteiger partial charge in [0.25, 0.3) is 5.91 Å². The summed E-state index contributed by atoms with van der Waals surface area (Å²) in [7, 11) is 0. The van der Waals surface area contributed by atoms with E-state index in [-0.39, 0.29) is 5.91 Å². The van der Waals surface area contributed by atoms with Crippen LogP contribution < -0.4 is 5.32 Å². The first kappa shape index (κ1) is 13.2. The van der Waals surface area contributed by atoms with E-state index in [9.17, 15) is 4.79 Å². The highest BCUT2D eigenvalue weighted by atomic mass is 79.9. The highest BCUT2D eigenvalue weighted by molar-refractivity contribution is 9.10. The van der Waals surface area contributed by atoms with Gasteiger partial charge in [-0.15, -0.1) is 0 Å². The summed E-state index contributed by atoms with van der Waals surface area (Å²) in [6.45, 7) is 1.95.